The molecule has 0 aliphatic carbocycles. The zero-order valence-corrected chi connectivity index (χ0v) is 12.7. The van der Waals surface area contributed by atoms with E-state index in [9.17, 15) is 4.79 Å². The van der Waals surface area contributed by atoms with Crippen LogP contribution in [0.4, 0.5) is 0 Å². The van der Waals surface area contributed by atoms with Crippen LogP contribution in [0.2, 0.25) is 0 Å². The molecule has 2 atom stereocenters. The molecule has 0 N–H and O–H groups in total. The molecular formula is C19H22O2. The number of Topliss-reactive ketones (excluding diaryl/α,β-unsaturated/α-hetero) is 1. The first kappa shape index (κ1) is 15.5. The minimum Gasteiger partial charge on any atom is -0.362 e. The molecule has 2 aromatic carbocycles. The highest BCUT2D eigenvalue weighted by atomic mass is 16.5. The van der Waals surface area contributed by atoms with Crippen LogP contribution < -0.4 is 0 Å². The summed E-state index contributed by atoms with van der Waals surface area (Å²) in [5, 5.41) is 0. The summed E-state index contributed by atoms with van der Waals surface area (Å²) in [6, 6.07) is 19.1. The quantitative estimate of drug-likeness (QED) is 0.681. The Kier molecular flexibility index (Phi) is 5.70. The van der Waals surface area contributed by atoms with E-state index in [1.807, 2.05) is 67.6 Å². The molecule has 0 saturated heterocycles. The molecule has 0 spiro atoms. The summed E-state index contributed by atoms with van der Waals surface area (Å²) in [5.41, 5.74) is 1.60. The van der Waals surface area contributed by atoms with Crippen molar-refractivity contribution < 1.29 is 9.53 Å². The average molecular weight is 282 g/mol. The first-order valence-electron chi connectivity index (χ1n) is 7.52. The second-order valence-electron chi connectivity index (χ2n) is 5.26. The molecule has 0 bridgehead atoms. The van der Waals surface area contributed by atoms with Crippen LogP contribution in [0.15, 0.2) is 60.7 Å². The van der Waals surface area contributed by atoms with Crippen molar-refractivity contribution in [3.63, 3.8) is 0 Å². The molecule has 0 heterocycles. The van der Waals surface area contributed by atoms with Gasteiger partial charge in [-0.15, -0.1) is 0 Å². The van der Waals surface area contributed by atoms with Crippen LogP contribution in [-0.2, 0) is 4.74 Å². The average Bonchev–Trinajstić information content (AvgIpc) is 2.54. The molecule has 2 rings (SSSR count). The number of carbonyl (C=O) groups is 1. The van der Waals surface area contributed by atoms with E-state index in [2.05, 4.69) is 6.92 Å². The second kappa shape index (κ2) is 7.75. The van der Waals surface area contributed by atoms with Crippen LogP contribution in [0.1, 0.15) is 48.7 Å². The molecule has 0 aromatic heterocycles. The number of ether oxygens (including phenoxy) is 1. The normalized spacial score (nSPS) is 13.6. The van der Waals surface area contributed by atoms with Gasteiger partial charge in [0, 0.05) is 5.56 Å². The van der Waals surface area contributed by atoms with Crippen LogP contribution in [0, 0.1) is 0 Å². The van der Waals surface area contributed by atoms with Crippen molar-refractivity contribution in [1.29, 1.82) is 0 Å². The van der Waals surface area contributed by atoms with E-state index >= 15 is 0 Å². The van der Waals surface area contributed by atoms with E-state index in [1.165, 1.54) is 0 Å². The highest BCUT2D eigenvalue weighted by molar-refractivity contribution is 6.00. The number of carbonyl (C=O) groups excluding carboxylic acids is 1. The minimum atomic E-state index is -0.532. The SMILES string of the molecule is CCCC(C)OC(C(=O)c1ccccc1)c1ccccc1. The first-order valence-corrected chi connectivity index (χ1v) is 7.52. The van der Waals surface area contributed by atoms with Gasteiger partial charge in [0.1, 0.15) is 6.10 Å². The summed E-state index contributed by atoms with van der Waals surface area (Å²) < 4.78 is 6.04. The number of hydrogen-bond donors (Lipinski definition) is 0. The van der Waals surface area contributed by atoms with Gasteiger partial charge < -0.3 is 4.74 Å². The Labute approximate surface area is 126 Å². The van der Waals surface area contributed by atoms with Gasteiger partial charge in [-0.3, -0.25) is 4.79 Å². The third-order valence-electron chi connectivity index (χ3n) is 3.46. The molecule has 110 valence electrons. The van der Waals surface area contributed by atoms with E-state index < -0.39 is 6.10 Å². The van der Waals surface area contributed by atoms with Crippen molar-refractivity contribution >= 4 is 5.78 Å². The fourth-order valence-electron chi connectivity index (χ4n) is 2.38. The highest BCUT2D eigenvalue weighted by Crippen LogP contribution is 2.25. The fraction of sp³-hybridized carbons (Fsp3) is 0.316. The van der Waals surface area contributed by atoms with Crippen LogP contribution in [0.5, 0.6) is 0 Å². The van der Waals surface area contributed by atoms with Gasteiger partial charge in [0.15, 0.2) is 5.78 Å². The minimum absolute atomic E-state index is 0.0183. The lowest BCUT2D eigenvalue weighted by Crippen LogP contribution is -2.21. The summed E-state index contributed by atoms with van der Waals surface area (Å²) in [5.74, 6) is 0.0183. The smallest absolute Gasteiger partial charge is 0.196 e. The van der Waals surface area contributed by atoms with E-state index in [4.69, 9.17) is 4.74 Å². The fourth-order valence-corrected chi connectivity index (χ4v) is 2.38. The third kappa shape index (κ3) is 4.27. The summed E-state index contributed by atoms with van der Waals surface area (Å²) in [6.07, 6.45) is 1.52. The van der Waals surface area contributed by atoms with Crippen molar-refractivity contribution in [2.45, 2.75) is 38.9 Å². The van der Waals surface area contributed by atoms with Crippen LogP contribution in [0.25, 0.3) is 0 Å². The summed E-state index contributed by atoms with van der Waals surface area (Å²) in [7, 11) is 0. The van der Waals surface area contributed by atoms with E-state index in [0.29, 0.717) is 5.56 Å². The number of ketones is 1. The van der Waals surface area contributed by atoms with Crippen LogP contribution in [0.3, 0.4) is 0 Å². The van der Waals surface area contributed by atoms with E-state index in [1.54, 1.807) is 0 Å². The van der Waals surface area contributed by atoms with Gasteiger partial charge in [0.05, 0.1) is 6.10 Å². The Balaban J connectivity index is 2.25. The lowest BCUT2D eigenvalue weighted by Gasteiger charge is -2.22. The van der Waals surface area contributed by atoms with E-state index in [0.717, 1.165) is 18.4 Å². The molecule has 0 saturated carbocycles. The van der Waals surface area contributed by atoms with E-state index in [-0.39, 0.29) is 11.9 Å². The van der Waals surface area contributed by atoms with Crippen molar-refractivity contribution in [3.05, 3.63) is 71.8 Å². The molecular weight excluding hydrogens is 260 g/mol. The van der Waals surface area contributed by atoms with Crippen LogP contribution in [-0.4, -0.2) is 11.9 Å². The lowest BCUT2D eigenvalue weighted by molar-refractivity contribution is 0.000156. The Hall–Kier alpha value is -1.93. The molecule has 0 amide bonds. The standard InChI is InChI=1S/C19H22O2/c1-3-10-15(2)21-19(17-13-8-5-9-14-17)18(20)16-11-6-4-7-12-16/h4-9,11-15,19H,3,10H2,1-2H3. The van der Waals surface area contributed by atoms with Gasteiger partial charge in [0.25, 0.3) is 0 Å². The van der Waals surface area contributed by atoms with Crippen molar-refractivity contribution in [2.24, 2.45) is 0 Å². The van der Waals surface area contributed by atoms with Gasteiger partial charge in [-0.2, -0.15) is 0 Å². The Morgan fingerprint density at radius 1 is 1.00 bits per heavy atom. The Morgan fingerprint density at radius 3 is 2.14 bits per heavy atom. The molecule has 0 fully saturated rings. The number of rotatable bonds is 7. The summed E-state index contributed by atoms with van der Waals surface area (Å²) >= 11 is 0. The molecule has 2 unspecified atom stereocenters. The Morgan fingerprint density at radius 2 is 1.57 bits per heavy atom. The molecule has 2 heteroatoms. The van der Waals surface area contributed by atoms with Gasteiger partial charge >= 0.3 is 0 Å². The van der Waals surface area contributed by atoms with Crippen molar-refractivity contribution in [1.82, 2.24) is 0 Å². The summed E-state index contributed by atoms with van der Waals surface area (Å²) in [4.78, 5) is 12.8. The molecule has 2 nitrogen and oxygen atoms in total. The number of benzene rings is 2. The largest absolute Gasteiger partial charge is 0.362 e. The first-order chi connectivity index (χ1) is 10.2. The predicted octanol–water partition coefficient (Wildman–Crippen LogP) is 4.82. The predicted molar refractivity (Wildman–Crippen MR) is 85.4 cm³/mol. The lowest BCUT2D eigenvalue weighted by atomic mass is 9.99. The molecule has 0 radical (unpaired) electrons. The van der Waals surface area contributed by atoms with Gasteiger partial charge in [-0.05, 0) is 18.9 Å². The maximum atomic E-state index is 12.8. The van der Waals surface area contributed by atoms with Gasteiger partial charge in [-0.25, -0.2) is 0 Å². The maximum absolute atomic E-state index is 12.8. The van der Waals surface area contributed by atoms with Crippen LogP contribution >= 0.6 is 0 Å². The van der Waals surface area contributed by atoms with Gasteiger partial charge in [-0.1, -0.05) is 74.0 Å². The highest BCUT2D eigenvalue weighted by Gasteiger charge is 2.24. The zero-order chi connectivity index (χ0) is 15.1. The third-order valence-corrected chi connectivity index (χ3v) is 3.46. The number of hydrogen-bond acceptors (Lipinski definition) is 2. The Bertz CT molecular complexity index is 548. The second-order valence-corrected chi connectivity index (χ2v) is 5.26. The van der Waals surface area contributed by atoms with Crippen molar-refractivity contribution in [3.8, 4) is 0 Å². The molecule has 0 aliphatic heterocycles. The molecule has 2 aromatic rings. The topological polar surface area (TPSA) is 26.3 Å². The van der Waals surface area contributed by atoms with Gasteiger partial charge in [0.2, 0.25) is 0 Å². The monoisotopic (exact) mass is 282 g/mol. The van der Waals surface area contributed by atoms with Crippen molar-refractivity contribution in [2.75, 3.05) is 0 Å². The summed E-state index contributed by atoms with van der Waals surface area (Å²) in [6.45, 7) is 4.15. The molecule has 0 aliphatic rings. The molecule has 21 heavy (non-hydrogen) atoms. The zero-order valence-electron chi connectivity index (χ0n) is 12.7. The maximum Gasteiger partial charge on any atom is 0.196 e.